The van der Waals surface area contributed by atoms with Crippen molar-refractivity contribution in [1.29, 1.82) is 0 Å². The van der Waals surface area contributed by atoms with E-state index >= 15 is 0 Å². The van der Waals surface area contributed by atoms with Gasteiger partial charge in [-0.05, 0) is 29.7 Å². The zero-order chi connectivity index (χ0) is 14.5. The molecule has 1 aromatic carbocycles. The molecule has 4 nitrogen and oxygen atoms in total. The molecule has 2 aromatic rings. The van der Waals surface area contributed by atoms with E-state index in [0.717, 1.165) is 16.4 Å². The van der Waals surface area contributed by atoms with Crippen LogP contribution in [0, 0.1) is 0 Å². The minimum atomic E-state index is -0.168. The molecule has 1 aromatic heterocycles. The molecular weight excluding hydrogens is 286 g/mol. The lowest BCUT2D eigenvalue weighted by molar-refractivity contribution is -0.116. The molecule has 0 saturated carbocycles. The van der Waals surface area contributed by atoms with Gasteiger partial charge in [0, 0.05) is 11.0 Å². The first kappa shape index (κ1) is 13.7. The summed E-state index contributed by atoms with van der Waals surface area (Å²) >= 11 is 1.59. The summed E-state index contributed by atoms with van der Waals surface area (Å²) in [5.41, 5.74) is 0. The molecule has 3 rings (SSSR count). The summed E-state index contributed by atoms with van der Waals surface area (Å²) in [6.45, 7) is 0.855. The fraction of sp³-hybridized carbons (Fsp3) is 0.188. The number of rotatable bonds is 4. The molecular formula is C16H15NO3S. The molecule has 0 aliphatic carbocycles. The van der Waals surface area contributed by atoms with Crippen LogP contribution in [-0.2, 0) is 4.79 Å². The van der Waals surface area contributed by atoms with Crippen molar-refractivity contribution in [1.82, 2.24) is 5.32 Å². The van der Waals surface area contributed by atoms with Gasteiger partial charge in [-0.25, -0.2) is 0 Å². The Morgan fingerprint density at radius 2 is 2.14 bits per heavy atom. The number of fused-ring (bicyclic) bond motifs is 1. The SMILES string of the molecule is O=C(/C=C/c1cccs1)NC[C@@H]1COc2ccccc2O1. The molecule has 0 fully saturated rings. The molecule has 1 amide bonds. The number of para-hydroxylation sites is 2. The van der Waals surface area contributed by atoms with E-state index in [1.807, 2.05) is 41.8 Å². The molecule has 0 saturated heterocycles. The van der Waals surface area contributed by atoms with Crippen LogP contribution in [0.15, 0.2) is 47.9 Å². The van der Waals surface area contributed by atoms with Crippen LogP contribution in [-0.4, -0.2) is 25.2 Å². The summed E-state index contributed by atoms with van der Waals surface area (Å²) in [6, 6.07) is 11.4. The molecule has 0 bridgehead atoms. The molecule has 0 spiro atoms. The number of amides is 1. The van der Waals surface area contributed by atoms with Crippen LogP contribution in [0.25, 0.3) is 6.08 Å². The number of carbonyl (C=O) groups is 1. The van der Waals surface area contributed by atoms with Crippen molar-refractivity contribution in [3.8, 4) is 11.5 Å². The number of hydrogen-bond acceptors (Lipinski definition) is 4. The lowest BCUT2D eigenvalue weighted by atomic mass is 10.2. The second-order valence-electron chi connectivity index (χ2n) is 4.59. The number of thiophene rings is 1. The van der Waals surface area contributed by atoms with Crippen LogP contribution < -0.4 is 14.8 Å². The second kappa shape index (κ2) is 6.45. The number of carbonyl (C=O) groups excluding carboxylic acids is 1. The summed E-state index contributed by atoms with van der Waals surface area (Å²) in [6.07, 6.45) is 3.16. The van der Waals surface area contributed by atoms with E-state index in [1.165, 1.54) is 6.08 Å². The predicted octanol–water partition coefficient (Wildman–Crippen LogP) is 2.72. The highest BCUT2D eigenvalue weighted by Crippen LogP contribution is 2.30. The third-order valence-electron chi connectivity index (χ3n) is 3.01. The topological polar surface area (TPSA) is 47.6 Å². The van der Waals surface area contributed by atoms with Crippen LogP contribution in [0.4, 0.5) is 0 Å². The molecule has 1 atom stereocenters. The molecule has 0 unspecified atom stereocenters. The number of ether oxygens (including phenoxy) is 2. The van der Waals surface area contributed by atoms with E-state index in [0.29, 0.717) is 13.2 Å². The van der Waals surface area contributed by atoms with E-state index in [-0.39, 0.29) is 12.0 Å². The van der Waals surface area contributed by atoms with Crippen LogP contribution >= 0.6 is 11.3 Å². The van der Waals surface area contributed by atoms with Crippen molar-refractivity contribution in [2.75, 3.05) is 13.2 Å². The Labute approximate surface area is 127 Å². The normalized spacial score (nSPS) is 16.9. The molecule has 1 aliphatic rings. The van der Waals surface area contributed by atoms with Crippen LogP contribution in [0.1, 0.15) is 4.88 Å². The van der Waals surface area contributed by atoms with Crippen molar-refractivity contribution >= 4 is 23.3 Å². The Balaban J connectivity index is 1.49. The van der Waals surface area contributed by atoms with Gasteiger partial charge in [0.25, 0.3) is 0 Å². The number of hydrogen-bond donors (Lipinski definition) is 1. The van der Waals surface area contributed by atoms with Gasteiger partial charge in [0.2, 0.25) is 5.91 Å². The molecule has 2 heterocycles. The van der Waals surface area contributed by atoms with E-state index in [9.17, 15) is 4.79 Å². The number of benzene rings is 1. The van der Waals surface area contributed by atoms with Gasteiger partial charge >= 0.3 is 0 Å². The first-order chi connectivity index (χ1) is 10.3. The summed E-state index contributed by atoms with van der Waals surface area (Å²) in [4.78, 5) is 12.8. The Hall–Kier alpha value is -2.27. The predicted molar refractivity (Wildman–Crippen MR) is 82.7 cm³/mol. The summed E-state index contributed by atoms with van der Waals surface area (Å²) in [5.74, 6) is 1.33. The largest absolute Gasteiger partial charge is 0.486 e. The quantitative estimate of drug-likeness (QED) is 0.883. The van der Waals surface area contributed by atoms with E-state index in [2.05, 4.69) is 5.32 Å². The minimum absolute atomic E-state index is 0.133. The van der Waals surface area contributed by atoms with Crippen molar-refractivity contribution in [3.05, 3.63) is 52.7 Å². The van der Waals surface area contributed by atoms with Gasteiger partial charge in [0.15, 0.2) is 11.5 Å². The Kier molecular flexibility index (Phi) is 4.21. The maximum Gasteiger partial charge on any atom is 0.244 e. The average Bonchev–Trinajstić information content (AvgIpc) is 3.04. The fourth-order valence-electron chi connectivity index (χ4n) is 1.98. The monoisotopic (exact) mass is 301 g/mol. The maximum absolute atomic E-state index is 11.7. The smallest absolute Gasteiger partial charge is 0.244 e. The van der Waals surface area contributed by atoms with Gasteiger partial charge in [0.1, 0.15) is 12.7 Å². The summed E-state index contributed by atoms with van der Waals surface area (Å²) in [7, 11) is 0. The van der Waals surface area contributed by atoms with Crippen molar-refractivity contribution < 1.29 is 14.3 Å². The fourth-order valence-corrected chi connectivity index (χ4v) is 2.60. The van der Waals surface area contributed by atoms with Gasteiger partial charge < -0.3 is 14.8 Å². The highest BCUT2D eigenvalue weighted by Gasteiger charge is 2.20. The van der Waals surface area contributed by atoms with Gasteiger partial charge in [-0.1, -0.05) is 18.2 Å². The summed E-state index contributed by atoms with van der Waals surface area (Å²) in [5, 5.41) is 4.79. The van der Waals surface area contributed by atoms with Gasteiger partial charge in [0.05, 0.1) is 6.54 Å². The van der Waals surface area contributed by atoms with Crippen molar-refractivity contribution in [2.45, 2.75) is 6.10 Å². The van der Waals surface area contributed by atoms with Gasteiger partial charge in [-0.2, -0.15) is 0 Å². The molecule has 108 valence electrons. The first-order valence-electron chi connectivity index (χ1n) is 6.69. The van der Waals surface area contributed by atoms with Crippen LogP contribution in [0.3, 0.4) is 0 Å². The zero-order valence-electron chi connectivity index (χ0n) is 11.3. The maximum atomic E-state index is 11.7. The Bertz CT molecular complexity index is 637. The number of nitrogens with one attached hydrogen (secondary N) is 1. The molecule has 0 radical (unpaired) electrons. The Morgan fingerprint density at radius 3 is 2.95 bits per heavy atom. The third kappa shape index (κ3) is 3.64. The molecule has 1 N–H and O–H groups in total. The van der Waals surface area contributed by atoms with Gasteiger partial charge in [-0.15, -0.1) is 11.3 Å². The lowest BCUT2D eigenvalue weighted by Gasteiger charge is -2.26. The average molecular weight is 301 g/mol. The molecule has 21 heavy (non-hydrogen) atoms. The van der Waals surface area contributed by atoms with Crippen LogP contribution in [0.5, 0.6) is 11.5 Å². The zero-order valence-corrected chi connectivity index (χ0v) is 12.1. The molecule has 1 aliphatic heterocycles. The van der Waals surface area contributed by atoms with Crippen LogP contribution in [0.2, 0.25) is 0 Å². The van der Waals surface area contributed by atoms with E-state index < -0.39 is 0 Å². The Morgan fingerprint density at radius 1 is 1.29 bits per heavy atom. The lowest BCUT2D eigenvalue weighted by Crippen LogP contribution is -2.40. The van der Waals surface area contributed by atoms with E-state index in [4.69, 9.17) is 9.47 Å². The van der Waals surface area contributed by atoms with E-state index in [1.54, 1.807) is 17.4 Å². The minimum Gasteiger partial charge on any atom is -0.486 e. The highest BCUT2D eigenvalue weighted by molar-refractivity contribution is 7.10. The molecule has 5 heteroatoms. The van der Waals surface area contributed by atoms with Gasteiger partial charge in [-0.3, -0.25) is 4.79 Å². The first-order valence-corrected chi connectivity index (χ1v) is 7.57. The van der Waals surface area contributed by atoms with Crippen molar-refractivity contribution in [2.24, 2.45) is 0 Å². The standard InChI is InChI=1S/C16H15NO3S/c18-16(8-7-13-4-3-9-21-13)17-10-12-11-19-14-5-1-2-6-15(14)20-12/h1-9,12H,10-11H2,(H,17,18)/b8-7+/t12-/m1/s1. The summed E-state index contributed by atoms with van der Waals surface area (Å²) < 4.78 is 11.4. The van der Waals surface area contributed by atoms with Crippen molar-refractivity contribution in [3.63, 3.8) is 0 Å². The highest BCUT2D eigenvalue weighted by atomic mass is 32.1. The third-order valence-corrected chi connectivity index (χ3v) is 3.85. The second-order valence-corrected chi connectivity index (χ2v) is 5.57.